The van der Waals surface area contributed by atoms with Crippen molar-refractivity contribution >= 4 is 12.0 Å². The molecule has 2 amide bonds. The molecule has 1 saturated carbocycles. The highest BCUT2D eigenvalue weighted by molar-refractivity contribution is 5.75. The lowest BCUT2D eigenvalue weighted by Gasteiger charge is -2.30. The second-order valence-electron chi connectivity index (χ2n) is 4.98. The van der Waals surface area contributed by atoms with Gasteiger partial charge in [-0.3, -0.25) is 4.79 Å². The van der Waals surface area contributed by atoms with Crippen molar-refractivity contribution in [3.63, 3.8) is 0 Å². The van der Waals surface area contributed by atoms with Gasteiger partial charge in [-0.15, -0.1) is 0 Å². The Hall–Kier alpha value is -1.47. The van der Waals surface area contributed by atoms with Crippen LogP contribution in [-0.4, -0.2) is 47.3 Å². The molecule has 0 bridgehead atoms. The van der Waals surface area contributed by atoms with Crippen LogP contribution in [0.1, 0.15) is 32.6 Å². The quantitative estimate of drug-likeness (QED) is 0.835. The molecule has 0 heterocycles. The van der Waals surface area contributed by atoms with E-state index in [1.54, 1.807) is 0 Å². The molecule has 1 fully saturated rings. The lowest BCUT2D eigenvalue weighted by molar-refractivity contribution is -0.143. The lowest BCUT2D eigenvalue weighted by Crippen LogP contribution is -2.49. The van der Waals surface area contributed by atoms with Gasteiger partial charge < -0.3 is 15.3 Å². The van der Waals surface area contributed by atoms with Crippen LogP contribution in [0.25, 0.3) is 0 Å². The number of alkyl halides is 3. The number of rotatable bonds is 4. The molecule has 0 spiro atoms. The molecule has 0 radical (unpaired) electrons. The molecule has 116 valence electrons. The average molecular weight is 296 g/mol. The van der Waals surface area contributed by atoms with Gasteiger partial charge in [0, 0.05) is 12.6 Å². The van der Waals surface area contributed by atoms with Gasteiger partial charge in [-0.05, 0) is 26.2 Å². The van der Waals surface area contributed by atoms with Crippen molar-refractivity contribution in [3.05, 3.63) is 0 Å². The number of nitrogens with zero attached hydrogens (tertiary/aromatic N) is 1. The van der Waals surface area contributed by atoms with Crippen molar-refractivity contribution < 1.29 is 27.9 Å². The molecule has 2 unspecified atom stereocenters. The predicted octanol–water partition coefficient (Wildman–Crippen LogP) is 2.22. The lowest BCUT2D eigenvalue weighted by atomic mass is 9.86. The molecule has 8 heteroatoms. The van der Waals surface area contributed by atoms with Crippen LogP contribution in [0.3, 0.4) is 0 Å². The minimum absolute atomic E-state index is 0.0551. The Kier molecular flexibility index (Phi) is 5.64. The Bertz CT molecular complexity index is 360. The van der Waals surface area contributed by atoms with E-state index in [1.165, 1.54) is 6.92 Å². The fourth-order valence-electron chi connectivity index (χ4n) is 2.35. The van der Waals surface area contributed by atoms with Crippen molar-refractivity contribution in [2.24, 2.45) is 5.92 Å². The number of hydrogen-bond acceptors (Lipinski definition) is 2. The molecule has 0 aromatic rings. The topological polar surface area (TPSA) is 69.6 Å². The predicted molar refractivity (Wildman–Crippen MR) is 65.2 cm³/mol. The zero-order valence-electron chi connectivity index (χ0n) is 11.2. The van der Waals surface area contributed by atoms with E-state index in [4.69, 9.17) is 5.11 Å². The first-order valence-electron chi connectivity index (χ1n) is 6.58. The zero-order valence-corrected chi connectivity index (χ0v) is 11.2. The van der Waals surface area contributed by atoms with E-state index in [1.807, 2.05) is 0 Å². The molecule has 0 aromatic carbocycles. The SMILES string of the molecule is CCN(CC(F)(F)F)C(=O)NC1CCCC(C(=O)O)C1. The second kappa shape index (κ2) is 6.81. The first-order chi connectivity index (χ1) is 9.23. The van der Waals surface area contributed by atoms with Gasteiger partial charge in [-0.25, -0.2) is 4.79 Å². The third-order valence-electron chi connectivity index (χ3n) is 3.39. The number of hydrogen-bond donors (Lipinski definition) is 2. The normalized spacial score (nSPS) is 23.2. The number of aliphatic carboxylic acids is 1. The number of nitrogens with one attached hydrogen (secondary N) is 1. The third-order valence-corrected chi connectivity index (χ3v) is 3.39. The van der Waals surface area contributed by atoms with Gasteiger partial charge in [0.25, 0.3) is 0 Å². The smallest absolute Gasteiger partial charge is 0.406 e. The number of amides is 2. The highest BCUT2D eigenvalue weighted by Crippen LogP contribution is 2.25. The summed E-state index contributed by atoms with van der Waals surface area (Å²) in [6.07, 6.45) is -2.39. The van der Waals surface area contributed by atoms with Crippen molar-refractivity contribution in [1.82, 2.24) is 10.2 Å². The summed E-state index contributed by atoms with van der Waals surface area (Å²) in [5, 5.41) is 11.4. The standard InChI is InChI=1S/C12H19F3N2O3/c1-2-17(7-12(13,14)15)11(20)16-9-5-3-4-8(6-9)10(18)19/h8-9H,2-7H2,1H3,(H,16,20)(H,18,19). The van der Waals surface area contributed by atoms with Crippen LogP contribution in [0, 0.1) is 5.92 Å². The number of carbonyl (C=O) groups is 2. The molecular weight excluding hydrogens is 277 g/mol. The number of carboxylic acid groups (broad SMARTS) is 1. The summed E-state index contributed by atoms with van der Waals surface area (Å²) >= 11 is 0. The van der Waals surface area contributed by atoms with Crippen molar-refractivity contribution in [2.45, 2.75) is 44.8 Å². The number of carboxylic acids is 1. The molecule has 1 aliphatic carbocycles. The summed E-state index contributed by atoms with van der Waals surface area (Å²) in [7, 11) is 0. The summed E-state index contributed by atoms with van der Waals surface area (Å²) in [5.41, 5.74) is 0. The Morgan fingerprint density at radius 3 is 2.50 bits per heavy atom. The molecular formula is C12H19F3N2O3. The molecule has 0 aromatic heterocycles. The minimum atomic E-state index is -4.44. The summed E-state index contributed by atoms with van der Waals surface area (Å²) in [4.78, 5) is 23.3. The van der Waals surface area contributed by atoms with Crippen LogP contribution < -0.4 is 5.32 Å². The highest BCUT2D eigenvalue weighted by Gasteiger charge is 2.34. The molecule has 20 heavy (non-hydrogen) atoms. The van der Waals surface area contributed by atoms with E-state index >= 15 is 0 Å². The van der Waals surface area contributed by atoms with Gasteiger partial charge in [0.2, 0.25) is 0 Å². The van der Waals surface area contributed by atoms with Gasteiger partial charge >= 0.3 is 18.2 Å². The molecule has 1 aliphatic rings. The van der Waals surface area contributed by atoms with Gasteiger partial charge in [0.05, 0.1) is 5.92 Å². The summed E-state index contributed by atoms with van der Waals surface area (Å²) in [6.45, 7) is 0.108. The van der Waals surface area contributed by atoms with Crippen LogP contribution >= 0.6 is 0 Å². The summed E-state index contributed by atoms with van der Waals surface area (Å²) in [5.74, 6) is -1.46. The monoisotopic (exact) mass is 296 g/mol. The molecule has 2 atom stereocenters. The van der Waals surface area contributed by atoms with E-state index in [0.29, 0.717) is 24.2 Å². The maximum Gasteiger partial charge on any atom is 0.406 e. The van der Waals surface area contributed by atoms with Gasteiger partial charge in [0.1, 0.15) is 6.54 Å². The van der Waals surface area contributed by atoms with E-state index in [9.17, 15) is 22.8 Å². The highest BCUT2D eigenvalue weighted by atomic mass is 19.4. The second-order valence-corrected chi connectivity index (χ2v) is 4.98. The van der Waals surface area contributed by atoms with E-state index in [2.05, 4.69) is 5.32 Å². The molecule has 5 nitrogen and oxygen atoms in total. The van der Waals surface area contributed by atoms with Crippen LogP contribution in [0.5, 0.6) is 0 Å². The van der Waals surface area contributed by atoms with Crippen molar-refractivity contribution in [3.8, 4) is 0 Å². The van der Waals surface area contributed by atoms with Gasteiger partial charge in [-0.1, -0.05) is 6.42 Å². The van der Waals surface area contributed by atoms with Crippen molar-refractivity contribution in [2.75, 3.05) is 13.1 Å². The number of urea groups is 1. The molecule has 0 saturated heterocycles. The largest absolute Gasteiger partial charge is 0.481 e. The average Bonchev–Trinajstić information content (AvgIpc) is 2.35. The maximum atomic E-state index is 12.3. The number of carbonyl (C=O) groups excluding carboxylic acids is 1. The third kappa shape index (κ3) is 5.26. The zero-order chi connectivity index (χ0) is 15.3. The maximum absolute atomic E-state index is 12.3. The Labute approximate surface area is 115 Å². The van der Waals surface area contributed by atoms with E-state index < -0.39 is 30.6 Å². The Morgan fingerprint density at radius 1 is 1.35 bits per heavy atom. The first kappa shape index (κ1) is 16.6. The van der Waals surface area contributed by atoms with Crippen LogP contribution in [0.15, 0.2) is 0 Å². The van der Waals surface area contributed by atoms with Crippen molar-refractivity contribution in [1.29, 1.82) is 0 Å². The van der Waals surface area contributed by atoms with E-state index in [0.717, 1.165) is 0 Å². The van der Waals surface area contributed by atoms with Crippen LogP contribution in [-0.2, 0) is 4.79 Å². The van der Waals surface area contributed by atoms with Gasteiger partial charge in [-0.2, -0.15) is 13.2 Å². The first-order valence-corrected chi connectivity index (χ1v) is 6.58. The number of halogens is 3. The molecule has 0 aliphatic heterocycles. The fraction of sp³-hybridized carbons (Fsp3) is 0.833. The molecule has 2 N–H and O–H groups in total. The Morgan fingerprint density at radius 2 is 2.00 bits per heavy atom. The Balaban J connectivity index is 2.53. The van der Waals surface area contributed by atoms with Crippen LogP contribution in [0.2, 0.25) is 0 Å². The van der Waals surface area contributed by atoms with E-state index in [-0.39, 0.29) is 19.0 Å². The van der Waals surface area contributed by atoms with Crippen LogP contribution in [0.4, 0.5) is 18.0 Å². The summed E-state index contributed by atoms with van der Waals surface area (Å²) in [6, 6.07) is -1.17. The minimum Gasteiger partial charge on any atom is -0.481 e. The fourth-order valence-corrected chi connectivity index (χ4v) is 2.35. The molecule has 1 rings (SSSR count). The summed E-state index contributed by atoms with van der Waals surface area (Å²) < 4.78 is 36.9. The van der Waals surface area contributed by atoms with Gasteiger partial charge in [0.15, 0.2) is 0 Å².